The van der Waals surface area contributed by atoms with Crippen LogP contribution in [-0.2, 0) is 15.0 Å². The maximum absolute atomic E-state index is 12.9. The van der Waals surface area contributed by atoms with E-state index in [9.17, 15) is 22.8 Å². The second kappa shape index (κ2) is 6.12. The fourth-order valence-corrected chi connectivity index (χ4v) is 5.72. The number of likely N-dealkylation sites (tertiary alicyclic amines) is 1. The zero-order chi connectivity index (χ0) is 20.4. The van der Waals surface area contributed by atoms with Crippen LogP contribution in [0.3, 0.4) is 0 Å². The molecule has 5 nitrogen and oxygen atoms in total. The van der Waals surface area contributed by atoms with Crippen LogP contribution in [0.4, 0.5) is 13.2 Å². The Morgan fingerprint density at radius 2 is 2.00 bits per heavy atom. The summed E-state index contributed by atoms with van der Waals surface area (Å²) in [6, 6.07) is 6.27. The number of halogens is 3. The number of carbonyl (C=O) groups excluding carboxylic acids is 2. The normalized spacial score (nSPS) is 35.7. The largest absolute Gasteiger partial charge is 0.573 e. The van der Waals surface area contributed by atoms with Gasteiger partial charge in [-0.3, -0.25) is 9.59 Å². The van der Waals surface area contributed by atoms with Gasteiger partial charge in [-0.05, 0) is 55.7 Å². The smallest absolute Gasteiger partial charge is 0.406 e. The van der Waals surface area contributed by atoms with E-state index >= 15 is 0 Å². The van der Waals surface area contributed by atoms with Gasteiger partial charge >= 0.3 is 6.36 Å². The molecular weight excluding hydrogens is 385 g/mol. The molecule has 2 saturated heterocycles. The van der Waals surface area contributed by atoms with Crippen LogP contribution >= 0.6 is 0 Å². The molecule has 2 amide bonds. The number of fused-ring (bicyclic) bond motifs is 1. The van der Waals surface area contributed by atoms with E-state index in [2.05, 4.69) is 10.1 Å². The molecule has 0 unspecified atom stereocenters. The van der Waals surface area contributed by atoms with Gasteiger partial charge in [0.15, 0.2) is 0 Å². The Kier molecular flexibility index (Phi) is 3.96. The number of hydrogen-bond donors (Lipinski definition) is 1. The molecule has 1 aromatic carbocycles. The Bertz CT molecular complexity index is 865. The zero-order valence-electron chi connectivity index (χ0n) is 15.9. The third-order valence-electron chi connectivity index (χ3n) is 7.31. The van der Waals surface area contributed by atoms with Crippen molar-refractivity contribution in [3.8, 4) is 5.75 Å². The summed E-state index contributed by atoms with van der Waals surface area (Å²) in [7, 11) is 0. The van der Waals surface area contributed by atoms with Gasteiger partial charge in [-0.15, -0.1) is 13.2 Å². The first kappa shape index (κ1) is 18.8. The predicted molar refractivity (Wildman–Crippen MR) is 96.9 cm³/mol. The lowest BCUT2D eigenvalue weighted by Crippen LogP contribution is -2.57. The van der Waals surface area contributed by atoms with Gasteiger partial charge in [0.1, 0.15) is 5.75 Å². The Hall–Kier alpha value is -2.25. The number of hydrogen-bond acceptors (Lipinski definition) is 3. The number of nitrogens with zero attached hydrogens (tertiary/aromatic N) is 1. The van der Waals surface area contributed by atoms with Crippen LogP contribution in [0.5, 0.6) is 5.75 Å². The highest BCUT2D eigenvalue weighted by Gasteiger charge is 2.59. The molecule has 1 N–H and O–H groups in total. The van der Waals surface area contributed by atoms with Crippen LogP contribution in [-0.4, -0.2) is 41.7 Å². The maximum Gasteiger partial charge on any atom is 0.573 e. The van der Waals surface area contributed by atoms with Gasteiger partial charge in [-0.2, -0.15) is 0 Å². The van der Waals surface area contributed by atoms with Crippen LogP contribution in [0.1, 0.15) is 44.1 Å². The molecule has 8 heteroatoms. The number of benzene rings is 1. The van der Waals surface area contributed by atoms with Gasteiger partial charge < -0.3 is 15.0 Å². The fraction of sp³-hybridized carbons (Fsp3) is 0.619. The molecule has 29 heavy (non-hydrogen) atoms. The predicted octanol–water partition coefficient (Wildman–Crippen LogP) is 3.13. The average molecular weight is 408 g/mol. The standard InChI is InChI=1S/C21H23F3N2O3/c22-21(23,24)29-16-3-1-2-14(8-16)20-6-7-26(12-15(20)11-20)18(28)13-9-19(10-13)5-4-17(27)25-19/h1-3,8,13,15H,4-7,9-12H2,(H,25,27)/t13?,15-,19?,20-/m1/s1. The number of nitrogens with one attached hydrogen (secondary N) is 1. The Balaban J connectivity index is 1.21. The van der Waals surface area contributed by atoms with Gasteiger partial charge in [-0.1, -0.05) is 12.1 Å². The number of ether oxygens (including phenoxy) is 1. The molecular formula is C21H23F3N2O3. The van der Waals surface area contributed by atoms with Crippen LogP contribution in [0.25, 0.3) is 0 Å². The molecule has 2 aliphatic heterocycles. The van der Waals surface area contributed by atoms with Crippen molar-refractivity contribution in [2.75, 3.05) is 13.1 Å². The highest BCUT2D eigenvalue weighted by atomic mass is 19.4. The summed E-state index contributed by atoms with van der Waals surface area (Å²) in [6.45, 7) is 1.27. The Morgan fingerprint density at radius 3 is 2.66 bits per heavy atom. The molecule has 156 valence electrons. The minimum atomic E-state index is -4.70. The third-order valence-corrected chi connectivity index (χ3v) is 7.31. The quantitative estimate of drug-likeness (QED) is 0.836. The molecule has 2 aliphatic carbocycles. The second-order valence-electron chi connectivity index (χ2n) is 9.10. The lowest BCUT2D eigenvalue weighted by Gasteiger charge is -2.46. The first-order chi connectivity index (χ1) is 13.7. The van der Waals surface area contributed by atoms with Crippen molar-refractivity contribution in [2.24, 2.45) is 11.8 Å². The Morgan fingerprint density at radius 1 is 1.21 bits per heavy atom. The molecule has 0 aromatic heterocycles. The van der Waals surface area contributed by atoms with Gasteiger partial charge in [-0.25, -0.2) is 0 Å². The van der Waals surface area contributed by atoms with E-state index in [1.807, 2.05) is 11.0 Å². The summed E-state index contributed by atoms with van der Waals surface area (Å²) in [5, 5.41) is 3.02. The van der Waals surface area contributed by atoms with Crippen molar-refractivity contribution < 1.29 is 27.5 Å². The van der Waals surface area contributed by atoms with E-state index < -0.39 is 6.36 Å². The lowest BCUT2D eigenvalue weighted by molar-refractivity contribution is -0.274. The summed E-state index contributed by atoms with van der Waals surface area (Å²) in [6.07, 6.45) is -0.246. The van der Waals surface area contributed by atoms with E-state index in [0.717, 1.165) is 37.7 Å². The van der Waals surface area contributed by atoms with E-state index in [0.29, 0.717) is 19.5 Å². The SMILES string of the molecule is O=C1CCC2(CC(C(=O)N3CC[C@]4(c5cccc(OC(F)(F)F)c5)C[C@@H]4C3)C2)N1. The zero-order valence-corrected chi connectivity index (χ0v) is 15.9. The van der Waals surface area contributed by atoms with Crippen LogP contribution < -0.4 is 10.1 Å². The number of carbonyl (C=O) groups is 2. The van der Waals surface area contributed by atoms with Crippen LogP contribution in [0.2, 0.25) is 0 Å². The summed E-state index contributed by atoms with van der Waals surface area (Å²) in [5.41, 5.74) is 0.574. The summed E-state index contributed by atoms with van der Waals surface area (Å²) < 4.78 is 41.6. The van der Waals surface area contributed by atoms with Crippen molar-refractivity contribution in [3.05, 3.63) is 29.8 Å². The van der Waals surface area contributed by atoms with Crippen molar-refractivity contribution in [2.45, 2.75) is 55.8 Å². The number of amides is 2. The average Bonchev–Trinajstić information content (AvgIpc) is 3.24. The van der Waals surface area contributed by atoms with Crippen LogP contribution in [0.15, 0.2) is 24.3 Å². The van der Waals surface area contributed by atoms with Gasteiger partial charge in [0.25, 0.3) is 0 Å². The van der Waals surface area contributed by atoms with Crippen molar-refractivity contribution in [3.63, 3.8) is 0 Å². The molecule has 2 saturated carbocycles. The third kappa shape index (κ3) is 3.26. The second-order valence-corrected chi connectivity index (χ2v) is 9.10. The molecule has 2 atom stereocenters. The van der Waals surface area contributed by atoms with Gasteiger partial charge in [0.2, 0.25) is 11.8 Å². The monoisotopic (exact) mass is 408 g/mol. The maximum atomic E-state index is 12.9. The van der Waals surface area contributed by atoms with E-state index in [-0.39, 0.29) is 40.4 Å². The Labute approximate surface area is 166 Å². The molecule has 1 spiro atoms. The minimum absolute atomic E-state index is 0.0248. The molecule has 4 aliphatic rings. The van der Waals surface area contributed by atoms with Crippen molar-refractivity contribution in [1.29, 1.82) is 0 Å². The first-order valence-corrected chi connectivity index (χ1v) is 10.1. The molecule has 1 aromatic rings. The van der Waals surface area contributed by atoms with Crippen molar-refractivity contribution >= 4 is 11.8 Å². The van der Waals surface area contributed by atoms with Crippen LogP contribution in [0, 0.1) is 11.8 Å². The summed E-state index contributed by atoms with van der Waals surface area (Å²) in [5.74, 6) is 0.302. The van der Waals surface area contributed by atoms with Gasteiger partial charge in [0.05, 0.1) is 0 Å². The van der Waals surface area contributed by atoms with E-state index in [1.54, 1.807) is 6.07 Å². The molecule has 0 bridgehead atoms. The van der Waals surface area contributed by atoms with E-state index in [1.165, 1.54) is 12.1 Å². The van der Waals surface area contributed by atoms with Crippen molar-refractivity contribution in [1.82, 2.24) is 10.2 Å². The highest BCUT2D eigenvalue weighted by Crippen LogP contribution is 2.60. The number of rotatable bonds is 3. The summed E-state index contributed by atoms with van der Waals surface area (Å²) in [4.78, 5) is 26.3. The van der Waals surface area contributed by atoms with E-state index in [4.69, 9.17) is 0 Å². The topological polar surface area (TPSA) is 58.6 Å². The summed E-state index contributed by atoms with van der Waals surface area (Å²) >= 11 is 0. The number of piperidine rings is 1. The molecule has 4 fully saturated rings. The number of alkyl halides is 3. The molecule has 2 heterocycles. The molecule has 0 radical (unpaired) electrons. The molecule has 5 rings (SSSR count). The fourth-order valence-electron chi connectivity index (χ4n) is 5.72. The minimum Gasteiger partial charge on any atom is -0.406 e. The lowest BCUT2D eigenvalue weighted by atomic mass is 9.67. The van der Waals surface area contributed by atoms with Gasteiger partial charge in [0, 0.05) is 36.4 Å². The highest BCUT2D eigenvalue weighted by molar-refractivity contribution is 5.84. The first-order valence-electron chi connectivity index (χ1n) is 10.1.